The van der Waals surface area contributed by atoms with Crippen LogP contribution in [0.2, 0.25) is 0 Å². The van der Waals surface area contributed by atoms with E-state index in [2.05, 4.69) is 33.1 Å². The van der Waals surface area contributed by atoms with E-state index in [-0.39, 0.29) is 11.3 Å². The summed E-state index contributed by atoms with van der Waals surface area (Å²) in [6, 6.07) is 10.3. The molecule has 1 amide bonds. The van der Waals surface area contributed by atoms with Gasteiger partial charge in [-0.05, 0) is 12.0 Å². The first-order chi connectivity index (χ1) is 10.4. The highest BCUT2D eigenvalue weighted by Gasteiger charge is 2.20. The lowest BCUT2D eigenvalue weighted by atomic mass is 9.96. The second kappa shape index (κ2) is 9.07. The standard InChI is InChI=1S/C17H28N4O/c1-17(2,3)15(22)19-12-13-21-16(18-4)20-11-10-14-8-6-5-7-9-14/h5-9H,10-13H2,1-4H3,(H,19,22)(H2,18,20,21). The maximum Gasteiger partial charge on any atom is 0.225 e. The molecule has 0 saturated carbocycles. The Morgan fingerprint density at radius 1 is 1.00 bits per heavy atom. The highest BCUT2D eigenvalue weighted by molar-refractivity contribution is 5.81. The number of amides is 1. The minimum Gasteiger partial charge on any atom is -0.356 e. The number of carbonyl (C=O) groups excluding carboxylic acids is 1. The molecule has 3 N–H and O–H groups in total. The second-order valence-corrected chi connectivity index (χ2v) is 6.17. The van der Waals surface area contributed by atoms with Crippen LogP contribution in [-0.4, -0.2) is 38.5 Å². The van der Waals surface area contributed by atoms with E-state index >= 15 is 0 Å². The number of nitrogens with zero attached hydrogens (tertiary/aromatic N) is 1. The number of aliphatic imine (C=N–C) groups is 1. The molecule has 0 aliphatic heterocycles. The van der Waals surface area contributed by atoms with E-state index in [4.69, 9.17) is 0 Å². The van der Waals surface area contributed by atoms with Crippen molar-refractivity contribution in [3.8, 4) is 0 Å². The molecule has 1 aromatic rings. The van der Waals surface area contributed by atoms with Crippen molar-refractivity contribution < 1.29 is 4.79 Å². The van der Waals surface area contributed by atoms with Crippen molar-refractivity contribution in [1.82, 2.24) is 16.0 Å². The zero-order valence-corrected chi connectivity index (χ0v) is 14.1. The summed E-state index contributed by atoms with van der Waals surface area (Å²) in [6.07, 6.45) is 0.947. The van der Waals surface area contributed by atoms with Crippen molar-refractivity contribution in [3.63, 3.8) is 0 Å². The Kier molecular flexibility index (Phi) is 7.43. The Morgan fingerprint density at radius 2 is 1.59 bits per heavy atom. The number of benzene rings is 1. The minimum atomic E-state index is -0.352. The highest BCUT2D eigenvalue weighted by atomic mass is 16.2. The smallest absolute Gasteiger partial charge is 0.225 e. The lowest BCUT2D eigenvalue weighted by Gasteiger charge is -2.18. The van der Waals surface area contributed by atoms with Crippen LogP contribution in [0.4, 0.5) is 0 Å². The fourth-order valence-corrected chi connectivity index (χ4v) is 1.81. The van der Waals surface area contributed by atoms with Crippen LogP contribution in [0.25, 0.3) is 0 Å². The number of hydrogen-bond donors (Lipinski definition) is 3. The van der Waals surface area contributed by atoms with E-state index in [0.29, 0.717) is 13.1 Å². The first kappa shape index (κ1) is 18.0. The van der Waals surface area contributed by atoms with Crippen LogP contribution in [-0.2, 0) is 11.2 Å². The molecule has 0 atom stereocenters. The largest absolute Gasteiger partial charge is 0.356 e. The number of carbonyl (C=O) groups is 1. The first-order valence-corrected chi connectivity index (χ1v) is 7.70. The van der Waals surface area contributed by atoms with Gasteiger partial charge in [0.25, 0.3) is 0 Å². The van der Waals surface area contributed by atoms with Crippen LogP contribution in [0.1, 0.15) is 26.3 Å². The third-order valence-electron chi connectivity index (χ3n) is 3.16. The molecule has 0 unspecified atom stereocenters. The van der Waals surface area contributed by atoms with E-state index in [0.717, 1.165) is 18.9 Å². The summed E-state index contributed by atoms with van der Waals surface area (Å²) in [5.41, 5.74) is 0.943. The molecule has 1 aromatic carbocycles. The van der Waals surface area contributed by atoms with Gasteiger partial charge in [0.1, 0.15) is 0 Å². The molecule has 5 heteroatoms. The molecule has 0 radical (unpaired) electrons. The average Bonchev–Trinajstić information content (AvgIpc) is 2.49. The fraction of sp³-hybridized carbons (Fsp3) is 0.529. The fourth-order valence-electron chi connectivity index (χ4n) is 1.81. The lowest BCUT2D eigenvalue weighted by Crippen LogP contribution is -2.43. The van der Waals surface area contributed by atoms with Gasteiger partial charge in [-0.25, -0.2) is 0 Å². The molecule has 5 nitrogen and oxygen atoms in total. The summed E-state index contributed by atoms with van der Waals surface area (Å²) in [5.74, 6) is 0.808. The van der Waals surface area contributed by atoms with Gasteiger partial charge >= 0.3 is 0 Å². The number of hydrogen-bond acceptors (Lipinski definition) is 2. The van der Waals surface area contributed by atoms with E-state index in [1.807, 2.05) is 39.0 Å². The molecule has 0 aromatic heterocycles. The van der Waals surface area contributed by atoms with E-state index in [1.165, 1.54) is 5.56 Å². The molecular weight excluding hydrogens is 276 g/mol. The Labute approximate surface area is 133 Å². The summed E-state index contributed by atoms with van der Waals surface area (Å²) in [4.78, 5) is 15.9. The molecule has 1 rings (SSSR count). The third kappa shape index (κ3) is 7.11. The van der Waals surface area contributed by atoms with Gasteiger partial charge in [0.05, 0.1) is 0 Å². The van der Waals surface area contributed by atoms with Crippen molar-refractivity contribution in [2.24, 2.45) is 10.4 Å². The molecule has 0 bridgehead atoms. The molecule has 0 aliphatic carbocycles. The zero-order valence-electron chi connectivity index (χ0n) is 14.1. The van der Waals surface area contributed by atoms with Crippen LogP contribution in [0.5, 0.6) is 0 Å². The molecular formula is C17H28N4O. The quantitative estimate of drug-likeness (QED) is 0.424. The molecule has 0 aliphatic rings. The van der Waals surface area contributed by atoms with Gasteiger partial charge in [-0.2, -0.15) is 0 Å². The van der Waals surface area contributed by atoms with Crippen molar-refractivity contribution in [2.75, 3.05) is 26.7 Å². The Bertz CT molecular complexity index is 477. The molecule has 22 heavy (non-hydrogen) atoms. The van der Waals surface area contributed by atoms with E-state index in [9.17, 15) is 4.79 Å². The zero-order chi connectivity index (χ0) is 16.4. The van der Waals surface area contributed by atoms with Crippen molar-refractivity contribution in [2.45, 2.75) is 27.2 Å². The topological polar surface area (TPSA) is 65.5 Å². The number of nitrogens with one attached hydrogen (secondary N) is 3. The lowest BCUT2D eigenvalue weighted by molar-refractivity contribution is -0.128. The predicted octanol–water partition coefficient (Wildman–Crippen LogP) is 1.56. The first-order valence-electron chi connectivity index (χ1n) is 7.70. The van der Waals surface area contributed by atoms with E-state index < -0.39 is 0 Å². The summed E-state index contributed by atoms with van der Waals surface area (Å²) in [6.45, 7) is 7.75. The maximum atomic E-state index is 11.7. The van der Waals surface area contributed by atoms with Gasteiger partial charge in [0.2, 0.25) is 5.91 Å². The van der Waals surface area contributed by atoms with Gasteiger partial charge in [0.15, 0.2) is 5.96 Å². The molecule has 0 fully saturated rings. The molecule has 0 saturated heterocycles. The van der Waals surface area contributed by atoms with Gasteiger partial charge in [0, 0.05) is 32.1 Å². The summed E-state index contributed by atoms with van der Waals surface area (Å²) >= 11 is 0. The SMILES string of the molecule is CN=C(NCCNC(=O)C(C)(C)C)NCCc1ccccc1. The van der Waals surface area contributed by atoms with Crippen molar-refractivity contribution in [3.05, 3.63) is 35.9 Å². The number of rotatable bonds is 6. The Morgan fingerprint density at radius 3 is 2.18 bits per heavy atom. The van der Waals surface area contributed by atoms with Gasteiger partial charge < -0.3 is 16.0 Å². The van der Waals surface area contributed by atoms with Crippen molar-refractivity contribution >= 4 is 11.9 Å². The normalized spacial score (nSPS) is 11.9. The van der Waals surface area contributed by atoms with Crippen LogP contribution >= 0.6 is 0 Å². The summed E-state index contributed by atoms with van der Waals surface area (Å²) in [7, 11) is 1.74. The predicted molar refractivity (Wildman–Crippen MR) is 92.0 cm³/mol. The molecule has 0 heterocycles. The molecule has 122 valence electrons. The van der Waals surface area contributed by atoms with Crippen LogP contribution in [0, 0.1) is 5.41 Å². The van der Waals surface area contributed by atoms with Crippen LogP contribution in [0.15, 0.2) is 35.3 Å². The molecule has 0 spiro atoms. The minimum absolute atomic E-state index is 0.0568. The highest BCUT2D eigenvalue weighted by Crippen LogP contribution is 2.11. The maximum absolute atomic E-state index is 11.7. The monoisotopic (exact) mass is 304 g/mol. The van der Waals surface area contributed by atoms with Gasteiger partial charge in [-0.3, -0.25) is 9.79 Å². The number of guanidine groups is 1. The Balaban J connectivity index is 2.19. The summed E-state index contributed by atoms with van der Waals surface area (Å²) in [5, 5.41) is 9.35. The van der Waals surface area contributed by atoms with E-state index in [1.54, 1.807) is 7.05 Å². The third-order valence-corrected chi connectivity index (χ3v) is 3.16. The van der Waals surface area contributed by atoms with Gasteiger partial charge in [-0.15, -0.1) is 0 Å². The summed E-state index contributed by atoms with van der Waals surface area (Å²) < 4.78 is 0. The van der Waals surface area contributed by atoms with Gasteiger partial charge in [-0.1, -0.05) is 51.1 Å². The van der Waals surface area contributed by atoms with Crippen LogP contribution in [0.3, 0.4) is 0 Å². The van der Waals surface area contributed by atoms with Crippen molar-refractivity contribution in [1.29, 1.82) is 0 Å². The second-order valence-electron chi connectivity index (χ2n) is 6.17. The average molecular weight is 304 g/mol. The van der Waals surface area contributed by atoms with Crippen LogP contribution < -0.4 is 16.0 Å². The Hall–Kier alpha value is -2.04.